The largest absolute Gasteiger partial charge is 0.0955 e. The molecular formula is C147H114. The summed E-state index contributed by atoms with van der Waals surface area (Å²) in [4.78, 5) is 0. The molecule has 0 spiro atoms. The maximum Gasteiger partial charge on any atom is -0.0172 e. The molecular weight excluding hydrogens is 1770 g/mol. The van der Waals surface area contributed by atoms with Gasteiger partial charge in [0.2, 0.25) is 0 Å². The minimum atomic E-state index is 0.956. The quantitative estimate of drug-likeness (QED) is 0.0481. The van der Waals surface area contributed by atoms with Crippen molar-refractivity contribution in [3.8, 4) is 134 Å². The molecule has 0 unspecified atom stereocenters. The molecule has 0 saturated carbocycles. The zero-order chi connectivity index (χ0) is 101. The summed E-state index contributed by atoms with van der Waals surface area (Å²) < 4.78 is 0. The standard InChI is InChI=1S/C51H42.2C48H36/c1-34(2)37-7-13-40(14-8-37)43-19-25-46(26-20-43)49-31-50(47-27-21-44(22-28-47)41-15-9-38(10-16-41)35(3)4)33-51(32-49)48-29-23-45(24-30-48)42-17-11-39(12-18-42)36(5)6;1-34(37-19-25-43(26-20-37)40-13-7-4-8-14-40)46-31-47(35(2)38-21-27-44(28-22-38)41-15-9-5-10-16-41)33-48(32-46)36(3)39-23-29-45(30-24-39)42-17-11-6-12-18-42;1-34(37-13-7-4-8-14-37)40-19-25-43(26-20-40)46-31-47(44-27-21-41(22-28-44)35(2)38-15-9-5-10-16-38)33-48(32-46)45-29-23-42(24-30-45)36(3)39-17-11-6-12-18-39/h7-33H,1,3,5H2,2,4,6H3;2*4-33H,1-3H2. The Bertz CT molecular complexity index is 7510. The molecule has 0 bridgehead atoms. The van der Waals surface area contributed by atoms with Crippen LogP contribution < -0.4 is 0 Å². The molecule has 0 aliphatic carbocycles. The Hall–Kier alpha value is -18.7. The van der Waals surface area contributed by atoms with Gasteiger partial charge in [-0.1, -0.05) is 549 Å². The van der Waals surface area contributed by atoms with E-state index in [1.54, 1.807) is 0 Å². The van der Waals surface area contributed by atoms with Gasteiger partial charge >= 0.3 is 0 Å². The van der Waals surface area contributed by atoms with Crippen molar-refractivity contribution in [2.24, 2.45) is 0 Å². The maximum atomic E-state index is 4.57. The molecule has 21 aromatic rings. The van der Waals surface area contributed by atoms with E-state index in [0.717, 1.165) is 150 Å². The summed E-state index contributed by atoms with van der Waals surface area (Å²) in [6, 6.07) is 188. The maximum absolute atomic E-state index is 4.57. The van der Waals surface area contributed by atoms with Crippen LogP contribution >= 0.6 is 0 Å². The van der Waals surface area contributed by atoms with Crippen molar-refractivity contribution >= 4 is 50.2 Å². The smallest absolute Gasteiger partial charge is 0.0172 e. The second-order valence-corrected chi connectivity index (χ2v) is 37.7. The molecule has 21 aromatic carbocycles. The summed E-state index contributed by atoms with van der Waals surface area (Å²) in [7, 11) is 0. The van der Waals surface area contributed by atoms with E-state index in [9.17, 15) is 0 Å². The molecule has 0 nitrogen and oxygen atoms in total. The van der Waals surface area contributed by atoms with E-state index >= 15 is 0 Å². The highest BCUT2D eigenvalue weighted by molar-refractivity contribution is 5.93. The van der Waals surface area contributed by atoms with Crippen molar-refractivity contribution in [2.45, 2.75) is 20.8 Å². The van der Waals surface area contributed by atoms with Crippen LogP contribution in [-0.2, 0) is 0 Å². The minimum absolute atomic E-state index is 0.956. The molecule has 0 N–H and O–H groups in total. The van der Waals surface area contributed by atoms with Crippen LogP contribution in [0.15, 0.2) is 587 Å². The third kappa shape index (κ3) is 23.2. The van der Waals surface area contributed by atoms with Crippen LogP contribution in [0, 0.1) is 0 Å². The topological polar surface area (TPSA) is 0 Å². The average molecular weight is 1880 g/mol. The van der Waals surface area contributed by atoms with Gasteiger partial charge in [0.15, 0.2) is 0 Å². The van der Waals surface area contributed by atoms with Gasteiger partial charge in [-0.3, -0.25) is 0 Å². The van der Waals surface area contributed by atoms with Crippen molar-refractivity contribution in [2.75, 3.05) is 0 Å². The number of hydrogen-bond acceptors (Lipinski definition) is 0. The molecule has 0 radical (unpaired) electrons. The number of allylic oxidation sites excluding steroid dienone is 3. The predicted octanol–water partition coefficient (Wildman–Crippen LogP) is 40.5. The zero-order valence-electron chi connectivity index (χ0n) is 83.6. The van der Waals surface area contributed by atoms with Crippen LogP contribution in [0.2, 0.25) is 0 Å². The SMILES string of the molecule is C=C(C)c1ccc(-c2ccc(-c3cc(-c4ccc(-c5ccc(C(=C)C)cc5)cc4)cc(-c4ccc(-c5ccc(C(=C)C)cc5)cc4)c3)cc2)cc1.C=C(c1ccc(-c2ccccc2)cc1)c1cc(C(=C)c2ccc(-c3ccccc3)cc2)cc(C(=C)c2ccc(-c3ccccc3)cc2)c1.C=C(c1ccccc1)c1ccc(-c2cc(-c3ccc(C(=C)c4ccccc4)cc3)cc(-c3ccc(C(=C)c4ccccc4)cc3)c2)cc1. The van der Waals surface area contributed by atoms with E-state index in [1.165, 1.54) is 117 Å². The van der Waals surface area contributed by atoms with Gasteiger partial charge in [-0.25, -0.2) is 0 Å². The molecule has 0 atom stereocenters. The Morgan fingerprint density at radius 1 is 0.0952 bits per heavy atom. The second-order valence-electron chi connectivity index (χ2n) is 37.7. The lowest BCUT2D eigenvalue weighted by atomic mass is 9.88. The highest BCUT2D eigenvalue weighted by atomic mass is 14.2. The Morgan fingerprint density at radius 2 is 0.197 bits per heavy atom. The second kappa shape index (κ2) is 45.0. The van der Waals surface area contributed by atoms with Crippen molar-refractivity contribution in [1.29, 1.82) is 0 Å². The van der Waals surface area contributed by atoms with Gasteiger partial charge in [0.1, 0.15) is 0 Å². The molecule has 0 fully saturated rings. The summed E-state index contributed by atoms with van der Waals surface area (Å²) in [6.07, 6.45) is 0. The van der Waals surface area contributed by atoms with Gasteiger partial charge in [-0.15, -0.1) is 0 Å². The summed E-state index contributed by atoms with van der Waals surface area (Å²) in [5.74, 6) is 0. The number of benzene rings is 21. The summed E-state index contributed by atoms with van der Waals surface area (Å²) in [6.45, 7) is 45.2. The van der Waals surface area contributed by atoms with E-state index in [1.807, 2.05) is 57.2 Å². The third-order valence-electron chi connectivity index (χ3n) is 27.7. The first-order chi connectivity index (χ1) is 71.8. The lowest BCUT2D eigenvalue weighted by molar-refractivity contribution is 1.47. The number of hydrogen-bond donors (Lipinski definition) is 0. The van der Waals surface area contributed by atoms with Gasteiger partial charge in [-0.05, 0) is 326 Å². The summed E-state index contributed by atoms with van der Waals surface area (Å²) >= 11 is 0. The molecule has 147 heavy (non-hydrogen) atoms. The van der Waals surface area contributed by atoms with Crippen LogP contribution in [0.3, 0.4) is 0 Å². The normalized spacial score (nSPS) is 10.8. The molecule has 0 heteroatoms. The van der Waals surface area contributed by atoms with Crippen molar-refractivity contribution in [3.63, 3.8) is 0 Å². The molecule has 702 valence electrons. The molecule has 0 aliphatic heterocycles. The lowest BCUT2D eigenvalue weighted by Crippen LogP contribution is -1.96. The Kier molecular flexibility index (Phi) is 29.8. The van der Waals surface area contributed by atoms with Gasteiger partial charge in [-0.2, -0.15) is 0 Å². The highest BCUT2D eigenvalue weighted by Gasteiger charge is 2.19. The van der Waals surface area contributed by atoms with Gasteiger partial charge in [0, 0.05) is 0 Å². The van der Waals surface area contributed by atoms with E-state index < -0.39 is 0 Å². The fraction of sp³-hybridized carbons (Fsp3) is 0.0204. The minimum Gasteiger partial charge on any atom is -0.0955 e. The highest BCUT2D eigenvalue weighted by Crippen LogP contribution is 2.43. The van der Waals surface area contributed by atoms with Crippen LogP contribution in [0.25, 0.3) is 184 Å². The van der Waals surface area contributed by atoms with E-state index in [2.05, 4.69) is 551 Å². The van der Waals surface area contributed by atoms with E-state index in [-0.39, 0.29) is 0 Å². The van der Waals surface area contributed by atoms with Crippen LogP contribution in [0.4, 0.5) is 0 Å². The van der Waals surface area contributed by atoms with Crippen molar-refractivity contribution in [3.05, 3.63) is 670 Å². The van der Waals surface area contributed by atoms with Crippen molar-refractivity contribution in [1.82, 2.24) is 0 Å². The summed E-state index contributed by atoms with van der Waals surface area (Å²) in [5.41, 5.74) is 54.1. The Balaban J connectivity index is 0.000000139. The third-order valence-corrected chi connectivity index (χ3v) is 27.7. The Morgan fingerprint density at radius 3 is 0.340 bits per heavy atom. The van der Waals surface area contributed by atoms with Crippen molar-refractivity contribution < 1.29 is 0 Å². The molecule has 0 heterocycles. The summed E-state index contributed by atoms with van der Waals surface area (Å²) in [5, 5.41) is 0. The van der Waals surface area contributed by atoms with E-state index in [4.69, 9.17) is 0 Å². The first-order valence-corrected chi connectivity index (χ1v) is 49.9. The Labute approximate surface area is 868 Å². The fourth-order valence-corrected chi connectivity index (χ4v) is 18.8. The fourth-order valence-electron chi connectivity index (χ4n) is 18.8. The van der Waals surface area contributed by atoms with Crippen LogP contribution in [-0.4, -0.2) is 0 Å². The molecule has 0 amide bonds. The first-order valence-electron chi connectivity index (χ1n) is 49.9. The lowest BCUT2D eigenvalue weighted by Gasteiger charge is -2.16. The molecule has 21 rings (SSSR count). The first kappa shape index (κ1) is 97.1. The van der Waals surface area contributed by atoms with E-state index in [0.29, 0.717) is 0 Å². The molecule has 0 saturated heterocycles. The van der Waals surface area contributed by atoms with Crippen LogP contribution in [0.1, 0.15) is 104 Å². The average Bonchev–Trinajstić information content (AvgIpc) is 0.793. The number of rotatable bonds is 27. The zero-order valence-corrected chi connectivity index (χ0v) is 83.6. The predicted molar refractivity (Wildman–Crippen MR) is 636 cm³/mol. The molecule has 0 aromatic heterocycles. The monoisotopic (exact) mass is 1880 g/mol. The van der Waals surface area contributed by atoms with Gasteiger partial charge in [0.05, 0.1) is 0 Å². The van der Waals surface area contributed by atoms with Gasteiger partial charge < -0.3 is 0 Å². The van der Waals surface area contributed by atoms with Crippen LogP contribution in [0.5, 0.6) is 0 Å². The molecule has 0 aliphatic rings. The van der Waals surface area contributed by atoms with Gasteiger partial charge in [0.25, 0.3) is 0 Å².